The van der Waals surface area contributed by atoms with Crippen LogP contribution in [-0.4, -0.2) is 42.5 Å². The van der Waals surface area contributed by atoms with Crippen LogP contribution in [0.4, 0.5) is 0 Å². The number of hydrogen-bond donors (Lipinski definition) is 2. The van der Waals surface area contributed by atoms with Gasteiger partial charge in [0.2, 0.25) is 5.91 Å². The molecule has 4 nitrogen and oxygen atoms in total. The minimum Gasteiger partial charge on any atom is -0.348 e. The summed E-state index contributed by atoms with van der Waals surface area (Å²) in [5.74, 6) is 0.0837. The molecule has 1 aliphatic rings. The third-order valence-corrected chi connectivity index (χ3v) is 4.58. The molecule has 0 radical (unpaired) electrons. The van der Waals surface area contributed by atoms with Gasteiger partial charge in [0.05, 0.1) is 12.6 Å². The van der Waals surface area contributed by atoms with Gasteiger partial charge in [-0.25, -0.2) is 0 Å². The fourth-order valence-electron chi connectivity index (χ4n) is 2.61. The molecule has 0 aromatic heterocycles. The lowest BCUT2D eigenvalue weighted by Crippen LogP contribution is -2.59. The number of benzene rings is 1. The molecule has 1 aliphatic heterocycles. The molecule has 0 aliphatic carbocycles. The molecule has 0 saturated carbocycles. The Balaban J connectivity index is 1.90. The van der Waals surface area contributed by atoms with Crippen LogP contribution in [0.5, 0.6) is 0 Å². The first-order valence-electron chi connectivity index (χ1n) is 7.39. The normalized spacial score (nSPS) is 20.0. The Bertz CT molecular complexity index is 487. The maximum Gasteiger partial charge on any atom is 0.234 e. The topological polar surface area (TPSA) is 44.4 Å². The molecule has 1 atom stereocenters. The molecule has 1 aromatic carbocycles. The molecule has 0 spiro atoms. The van der Waals surface area contributed by atoms with E-state index < -0.39 is 0 Å². The highest BCUT2D eigenvalue weighted by Crippen LogP contribution is 2.18. The Kier molecular flexibility index (Phi) is 5.41. The first-order valence-corrected chi connectivity index (χ1v) is 8.18. The molecule has 1 amide bonds. The van der Waals surface area contributed by atoms with E-state index >= 15 is 0 Å². The van der Waals surface area contributed by atoms with Gasteiger partial charge in [0.15, 0.2) is 0 Å². The van der Waals surface area contributed by atoms with E-state index in [9.17, 15) is 4.79 Å². The van der Waals surface area contributed by atoms with Gasteiger partial charge < -0.3 is 10.6 Å². The van der Waals surface area contributed by atoms with E-state index in [1.807, 2.05) is 31.2 Å². The summed E-state index contributed by atoms with van der Waals surface area (Å²) in [4.78, 5) is 14.5. The van der Waals surface area contributed by atoms with Crippen LogP contribution in [0.25, 0.3) is 0 Å². The number of piperazine rings is 1. The second-order valence-corrected chi connectivity index (χ2v) is 7.17. The third-order valence-electron chi connectivity index (χ3n) is 4.05. The number of rotatable bonds is 4. The Morgan fingerprint density at radius 2 is 2.10 bits per heavy atom. The number of carbonyl (C=O) groups excluding carboxylic acids is 1. The van der Waals surface area contributed by atoms with Crippen LogP contribution in [0.3, 0.4) is 0 Å². The highest BCUT2D eigenvalue weighted by molar-refractivity contribution is 9.10. The maximum atomic E-state index is 12.3. The van der Waals surface area contributed by atoms with Crippen LogP contribution in [0.15, 0.2) is 28.7 Å². The van der Waals surface area contributed by atoms with Crippen LogP contribution in [0, 0.1) is 0 Å². The lowest BCUT2D eigenvalue weighted by Gasteiger charge is -2.42. The van der Waals surface area contributed by atoms with Crippen LogP contribution >= 0.6 is 15.9 Å². The fraction of sp³-hybridized carbons (Fsp3) is 0.562. The first-order chi connectivity index (χ1) is 9.88. The SMILES string of the molecule is CC(NC(=O)CN1CCNCC1(C)C)c1ccc(Br)cc1. The molecule has 116 valence electrons. The summed E-state index contributed by atoms with van der Waals surface area (Å²) in [7, 11) is 0. The molecule has 1 unspecified atom stereocenters. The Morgan fingerprint density at radius 3 is 2.71 bits per heavy atom. The van der Waals surface area contributed by atoms with E-state index in [4.69, 9.17) is 0 Å². The lowest BCUT2D eigenvalue weighted by atomic mass is 10.0. The monoisotopic (exact) mass is 353 g/mol. The van der Waals surface area contributed by atoms with Gasteiger partial charge in [-0.2, -0.15) is 0 Å². The van der Waals surface area contributed by atoms with Gasteiger partial charge in [0.1, 0.15) is 0 Å². The van der Waals surface area contributed by atoms with Crippen molar-refractivity contribution in [2.24, 2.45) is 0 Å². The predicted octanol–water partition coefficient (Wildman–Crippen LogP) is 2.31. The lowest BCUT2D eigenvalue weighted by molar-refractivity contribution is -0.124. The van der Waals surface area contributed by atoms with Crippen molar-refractivity contribution >= 4 is 21.8 Å². The van der Waals surface area contributed by atoms with Crippen molar-refractivity contribution in [3.05, 3.63) is 34.3 Å². The van der Waals surface area contributed by atoms with Crippen molar-refractivity contribution in [2.45, 2.75) is 32.4 Å². The first kappa shape index (κ1) is 16.5. The summed E-state index contributed by atoms with van der Waals surface area (Å²) in [6, 6.07) is 8.08. The largest absolute Gasteiger partial charge is 0.348 e. The summed E-state index contributed by atoms with van der Waals surface area (Å²) in [5, 5.41) is 6.46. The summed E-state index contributed by atoms with van der Waals surface area (Å²) in [6.07, 6.45) is 0. The average molecular weight is 354 g/mol. The molecule has 1 aromatic rings. The second-order valence-electron chi connectivity index (χ2n) is 6.25. The fourth-order valence-corrected chi connectivity index (χ4v) is 2.88. The second kappa shape index (κ2) is 6.90. The van der Waals surface area contributed by atoms with Crippen LogP contribution in [0.2, 0.25) is 0 Å². The van der Waals surface area contributed by atoms with Crippen molar-refractivity contribution in [3.8, 4) is 0 Å². The average Bonchev–Trinajstić information content (AvgIpc) is 2.41. The summed E-state index contributed by atoms with van der Waals surface area (Å²) >= 11 is 3.42. The minimum atomic E-state index is 0.0242. The molecular formula is C16H24BrN3O. The minimum absolute atomic E-state index is 0.0242. The summed E-state index contributed by atoms with van der Waals surface area (Å²) < 4.78 is 1.05. The van der Waals surface area contributed by atoms with Gasteiger partial charge in [-0.05, 0) is 38.5 Å². The molecule has 2 N–H and O–H groups in total. The molecule has 0 bridgehead atoms. The van der Waals surface area contributed by atoms with Crippen LogP contribution in [-0.2, 0) is 4.79 Å². The van der Waals surface area contributed by atoms with Gasteiger partial charge in [-0.15, -0.1) is 0 Å². The molecule has 5 heteroatoms. The Morgan fingerprint density at radius 1 is 1.43 bits per heavy atom. The molecule has 1 saturated heterocycles. The number of nitrogens with one attached hydrogen (secondary N) is 2. The number of nitrogens with zero attached hydrogens (tertiary/aromatic N) is 1. The van der Waals surface area contributed by atoms with Gasteiger partial charge in [0, 0.05) is 29.6 Å². The number of amides is 1. The zero-order chi connectivity index (χ0) is 15.5. The smallest absolute Gasteiger partial charge is 0.234 e. The van der Waals surface area contributed by atoms with Gasteiger partial charge in [-0.3, -0.25) is 9.69 Å². The zero-order valence-electron chi connectivity index (χ0n) is 12.9. The number of hydrogen-bond acceptors (Lipinski definition) is 3. The quantitative estimate of drug-likeness (QED) is 0.872. The summed E-state index contributed by atoms with van der Waals surface area (Å²) in [5.41, 5.74) is 1.14. The van der Waals surface area contributed by atoms with Crippen molar-refractivity contribution in [3.63, 3.8) is 0 Å². The molecular weight excluding hydrogens is 330 g/mol. The highest BCUT2D eigenvalue weighted by atomic mass is 79.9. The highest BCUT2D eigenvalue weighted by Gasteiger charge is 2.30. The van der Waals surface area contributed by atoms with E-state index in [1.165, 1.54) is 0 Å². The number of halogens is 1. The van der Waals surface area contributed by atoms with Gasteiger partial charge in [-0.1, -0.05) is 28.1 Å². The van der Waals surface area contributed by atoms with E-state index in [2.05, 4.69) is 45.3 Å². The molecule has 1 heterocycles. The Hall–Kier alpha value is -0.910. The van der Waals surface area contributed by atoms with E-state index in [0.717, 1.165) is 29.7 Å². The van der Waals surface area contributed by atoms with Crippen molar-refractivity contribution < 1.29 is 4.79 Å². The molecule has 21 heavy (non-hydrogen) atoms. The summed E-state index contributed by atoms with van der Waals surface area (Å²) in [6.45, 7) is 9.59. The Labute approximate surface area is 135 Å². The van der Waals surface area contributed by atoms with Crippen LogP contribution < -0.4 is 10.6 Å². The van der Waals surface area contributed by atoms with Crippen molar-refractivity contribution in [1.29, 1.82) is 0 Å². The van der Waals surface area contributed by atoms with E-state index in [-0.39, 0.29) is 17.5 Å². The van der Waals surface area contributed by atoms with Crippen LogP contribution in [0.1, 0.15) is 32.4 Å². The van der Waals surface area contributed by atoms with Gasteiger partial charge in [0.25, 0.3) is 0 Å². The van der Waals surface area contributed by atoms with E-state index in [0.29, 0.717) is 6.54 Å². The van der Waals surface area contributed by atoms with E-state index in [1.54, 1.807) is 0 Å². The standard InChI is InChI=1S/C16H24BrN3O/c1-12(13-4-6-14(17)7-5-13)19-15(21)10-20-9-8-18-11-16(20,2)3/h4-7,12,18H,8-11H2,1-3H3,(H,19,21). The maximum absolute atomic E-state index is 12.3. The molecule has 1 fully saturated rings. The number of carbonyl (C=O) groups is 1. The predicted molar refractivity (Wildman–Crippen MR) is 89.2 cm³/mol. The molecule has 2 rings (SSSR count). The van der Waals surface area contributed by atoms with Crippen molar-refractivity contribution in [1.82, 2.24) is 15.5 Å². The van der Waals surface area contributed by atoms with Gasteiger partial charge >= 0.3 is 0 Å². The zero-order valence-corrected chi connectivity index (χ0v) is 14.5. The third kappa shape index (κ3) is 4.53. The van der Waals surface area contributed by atoms with Crippen molar-refractivity contribution in [2.75, 3.05) is 26.2 Å².